The van der Waals surface area contributed by atoms with Crippen molar-refractivity contribution in [1.82, 2.24) is 4.90 Å². The first kappa shape index (κ1) is 53.2. The minimum atomic E-state index is -1.54. The highest BCUT2D eigenvalue weighted by atomic mass is 16.7. The third kappa shape index (κ3) is 29.4. The van der Waals surface area contributed by atoms with Crippen LogP contribution in [0.1, 0.15) is 194 Å². The van der Waals surface area contributed by atoms with Gasteiger partial charge in [0, 0.05) is 32.1 Å². The fraction of sp³-hybridized carbons (Fsp3) is 0.889. The Morgan fingerprint density at radius 2 is 0.828 bits per heavy atom. The zero-order chi connectivity index (χ0) is 42.6. The van der Waals surface area contributed by atoms with Gasteiger partial charge in [-0.1, -0.05) is 117 Å². The molecule has 13 heteroatoms. The predicted molar refractivity (Wildman–Crippen MR) is 223 cm³/mol. The molecule has 0 bridgehead atoms. The van der Waals surface area contributed by atoms with Crippen molar-refractivity contribution in [2.24, 2.45) is 0 Å². The first-order valence-electron chi connectivity index (χ1n) is 22.9. The average Bonchev–Trinajstić information content (AvgIpc) is 3.47. The van der Waals surface area contributed by atoms with Crippen LogP contribution in [-0.2, 0) is 52.4 Å². The van der Waals surface area contributed by atoms with Crippen LogP contribution < -0.4 is 0 Å². The zero-order valence-corrected chi connectivity index (χ0v) is 36.8. The largest absolute Gasteiger partial charge is 0.466 e. The van der Waals surface area contributed by atoms with Crippen molar-refractivity contribution in [3.8, 4) is 0 Å². The second-order valence-electron chi connectivity index (χ2n) is 16.1. The molecule has 58 heavy (non-hydrogen) atoms. The predicted octanol–water partition coefficient (Wildman–Crippen LogP) is 8.68. The van der Waals surface area contributed by atoms with Gasteiger partial charge in [-0.2, -0.15) is 0 Å². The lowest BCUT2D eigenvalue weighted by Crippen LogP contribution is -2.42. The summed E-state index contributed by atoms with van der Waals surface area (Å²) in [4.78, 5) is 63.9. The normalized spacial score (nSPS) is 17.6. The van der Waals surface area contributed by atoms with E-state index in [-0.39, 0.29) is 37.8 Å². The molecule has 0 aromatic carbocycles. The maximum atomic E-state index is 13.0. The monoisotopic (exact) mass is 828 g/mol. The lowest BCUT2D eigenvalue weighted by Gasteiger charge is -2.23. The van der Waals surface area contributed by atoms with Crippen molar-refractivity contribution in [1.29, 1.82) is 0 Å². The second-order valence-corrected chi connectivity index (χ2v) is 16.1. The number of aliphatic hydroxyl groups is 1. The third-order valence-corrected chi connectivity index (χ3v) is 10.3. The van der Waals surface area contributed by atoms with E-state index in [0.29, 0.717) is 45.3 Å². The van der Waals surface area contributed by atoms with Gasteiger partial charge in [0.2, 0.25) is 0 Å². The maximum absolute atomic E-state index is 13.0. The number of nitrogens with zero attached hydrogens (tertiary/aromatic N) is 1. The zero-order valence-electron chi connectivity index (χ0n) is 36.8. The number of ether oxygens (including phenoxy) is 6. The van der Waals surface area contributed by atoms with Gasteiger partial charge in [0.25, 0.3) is 0 Å². The summed E-state index contributed by atoms with van der Waals surface area (Å²) in [6.07, 6.45) is 18.2. The van der Waals surface area contributed by atoms with Gasteiger partial charge >= 0.3 is 29.8 Å². The molecule has 0 aromatic heterocycles. The number of carbonyl (C=O) groups excluding carboxylic acids is 5. The molecule has 338 valence electrons. The number of rotatable bonds is 38. The Balaban J connectivity index is 2.42. The summed E-state index contributed by atoms with van der Waals surface area (Å²) < 4.78 is 33.0. The summed E-state index contributed by atoms with van der Waals surface area (Å²) in [5, 5.41) is 10.7. The molecule has 0 amide bonds. The van der Waals surface area contributed by atoms with Crippen LogP contribution in [0.15, 0.2) is 0 Å². The van der Waals surface area contributed by atoms with Gasteiger partial charge < -0.3 is 38.4 Å². The Morgan fingerprint density at radius 3 is 1.28 bits per heavy atom. The summed E-state index contributed by atoms with van der Waals surface area (Å²) in [7, 11) is 3.83. The Morgan fingerprint density at radius 1 is 0.466 bits per heavy atom. The Kier molecular flexibility index (Phi) is 33.2. The molecule has 4 atom stereocenters. The Labute approximate surface area is 350 Å². The van der Waals surface area contributed by atoms with Gasteiger partial charge in [-0.3, -0.25) is 24.0 Å². The molecular formula is C45H81NO12. The molecule has 1 fully saturated rings. The van der Waals surface area contributed by atoms with Crippen LogP contribution in [0, 0.1) is 0 Å². The maximum Gasteiger partial charge on any atom is 0.306 e. The molecule has 1 heterocycles. The van der Waals surface area contributed by atoms with Crippen LogP contribution in [-0.4, -0.2) is 105 Å². The lowest BCUT2D eigenvalue weighted by atomic mass is 10.1. The minimum absolute atomic E-state index is 0.119. The highest BCUT2D eigenvalue weighted by molar-refractivity contribution is 5.71. The van der Waals surface area contributed by atoms with Crippen LogP contribution in [0.3, 0.4) is 0 Å². The molecule has 0 saturated carbocycles. The van der Waals surface area contributed by atoms with E-state index in [1.165, 1.54) is 25.7 Å². The van der Waals surface area contributed by atoms with E-state index in [4.69, 9.17) is 28.4 Å². The van der Waals surface area contributed by atoms with Crippen LogP contribution in [0.4, 0.5) is 0 Å². The molecule has 1 rings (SSSR count). The summed E-state index contributed by atoms with van der Waals surface area (Å²) in [5.74, 6) is -1.72. The van der Waals surface area contributed by atoms with Gasteiger partial charge in [0.1, 0.15) is 12.7 Å². The number of esters is 5. The van der Waals surface area contributed by atoms with Crippen molar-refractivity contribution in [2.75, 3.05) is 40.5 Å². The Bertz CT molecular complexity index is 1090. The fourth-order valence-corrected chi connectivity index (χ4v) is 6.74. The van der Waals surface area contributed by atoms with Crippen molar-refractivity contribution in [2.45, 2.75) is 218 Å². The van der Waals surface area contributed by atoms with E-state index in [1.807, 2.05) is 19.0 Å². The molecular weight excluding hydrogens is 746 g/mol. The van der Waals surface area contributed by atoms with Gasteiger partial charge in [-0.05, 0) is 65.6 Å². The average molecular weight is 828 g/mol. The lowest BCUT2D eigenvalue weighted by molar-refractivity contribution is -0.177. The van der Waals surface area contributed by atoms with Crippen molar-refractivity contribution in [3.63, 3.8) is 0 Å². The fourth-order valence-electron chi connectivity index (χ4n) is 6.74. The number of carbonyl (C=O) groups is 5. The van der Waals surface area contributed by atoms with Gasteiger partial charge in [-0.15, -0.1) is 0 Å². The first-order valence-corrected chi connectivity index (χ1v) is 22.9. The topological polar surface area (TPSA) is 164 Å². The van der Waals surface area contributed by atoms with E-state index in [9.17, 15) is 29.1 Å². The molecule has 0 radical (unpaired) electrons. The number of unbranched alkanes of at least 4 members (excludes halogenated alkanes) is 18. The molecule has 0 spiro atoms. The van der Waals surface area contributed by atoms with E-state index in [1.54, 1.807) is 0 Å². The third-order valence-electron chi connectivity index (χ3n) is 10.3. The first-order chi connectivity index (χ1) is 28.1. The highest BCUT2D eigenvalue weighted by Gasteiger charge is 2.49. The van der Waals surface area contributed by atoms with Gasteiger partial charge in [0.15, 0.2) is 18.5 Å². The van der Waals surface area contributed by atoms with Crippen LogP contribution in [0.5, 0.6) is 0 Å². The van der Waals surface area contributed by atoms with Crippen molar-refractivity contribution < 1.29 is 57.5 Å². The standard InChI is InChI=1S/C45H81NO12/c1-5-7-9-15-21-28-38(47)53-34-25-19-13-11-17-23-30-41(50)57-43-37(36-55-40(49)32-27-33-46(3)4)56-45(52)44(43)58-42(51)31-24-18-12-14-20-26-35-54-39(48)29-22-16-10-8-6-2/h37,43-45,52H,5-36H2,1-4H3/t37-,43+,44?,45-/m1/s1. The summed E-state index contributed by atoms with van der Waals surface area (Å²) >= 11 is 0. The number of hydrogen-bond acceptors (Lipinski definition) is 13. The summed E-state index contributed by atoms with van der Waals surface area (Å²) in [6, 6.07) is 0. The van der Waals surface area contributed by atoms with E-state index < -0.39 is 42.5 Å². The van der Waals surface area contributed by atoms with Crippen LogP contribution >= 0.6 is 0 Å². The quantitative estimate of drug-likeness (QED) is 0.0358. The second kappa shape index (κ2) is 36.1. The molecule has 1 N–H and O–H groups in total. The molecule has 0 aliphatic carbocycles. The van der Waals surface area contributed by atoms with E-state index >= 15 is 0 Å². The molecule has 1 aliphatic rings. The number of hydrogen-bond donors (Lipinski definition) is 1. The van der Waals surface area contributed by atoms with Crippen LogP contribution in [0.25, 0.3) is 0 Å². The van der Waals surface area contributed by atoms with Crippen molar-refractivity contribution >= 4 is 29.8 Å². The molecule has 1 unspecified atom stereocenters. The molecule has 1 aliphatic heterocycles. The van der Waals surface area contributed by atoms with Gasteiger partial charge in [0.05, 0.1) is 13.2 Å². The van der Waals surface area contributed by atoms with E-state index in [0.717, 1.165) is 109 Å². The highest BCUT2D eigenvalue weighted by Crippen LogP contribution is 2.27. The number of aliphatic hydroxyl groups excluding tert-OH is 1. The smallest absolute Gasteiger partial charge is 0.306 e. The molecule has 1 saturated heterocycles. The van der Waals surface area contributed by atoms with Crippen LogP contribution in [0.2, 0.25) is 0 Å². The molecule has 0 aromatic rings. The van der Waals surface area contributed by atoms with Gasteiger partial charge in [-0.25, -0.2) is 0 Å². The summed E-state index contributed by atoms with van der Waals surface area (Å²) in [5.41, 5.74) is 0. The van der Waals surface area contributed by atoms with E-state index in [2.05, 4.69) is 13.8 Å². The summed E-state index contributed by atoms with van der Waals surface area (Å²) in [6.45, 7) is 5.68. The Hall–Kier alpha value is -2.77. The minimum Gasteiger partial charge on any atom is -0.466 e. The SMILES string of the molecule is CCCCCCCC(=O)OCCCCCCCCC(=O)OC1[C@H](O)O[C@H](COC(=O)CCCN(C)C)[C@@H]1OC(=O)CCCCCCCCOC(=O)CCCCCCC. The molecule has 13 nitrogen and oxygen atoms in total. The van der Waals surface area contributed by atoms with Crippen molar-refractivity contribution in [3.05, 3.63) is 0 Å².